The van der Waals surface area contributed by atoms with Gasteiger partial charge < -0.3 is 10.4 Å². The van der Waals surface area contributed by atoms with Crippen LogP contribution in [0.1, 0.15) is 36.8 Å². The molecular formula is C15H20F3NO2. The first kappa shape index (κ1) is 17.5. The number of hydrogen-bond donors (Lipinski definition) is 2. The summed E-state index contributed by atoms with van der Waals surface area (Å²) in [5, 5.41) is 11.3. The molecule has 0 heterocycles. The predicted octanol–water partition coefficient (Wildman–Crippen LogP) is 2.92. The number of halogens is 3. The van der Waals surface area contributed by atoms with E-state index in [1.54, 1.807) is 0 Å². The number of carbonyl (C=O) groups excluding carboxylic acids is 1. The van der Waals surface area contributed by atoms with Crippen molar-refractivity contribution in [1.82, 2.24) is 5.32 Å². The van der Waals surface area contributed by atoms with E-state index in [2.05, 4.69) is 5.32 Å². The van der Waals surface area contributed by atoms with Crippen LogP contribution in [-0.4, -0.2) is 24.2 Å². The zero-order valence-electron chi connectivity index (χ0n) is 11.7. The molecule has 0 unspecified atom stereocenters. The Morgan fingerprint density at radius 3 is 2.52 bits per heavy atom. The Morgan fingerprint density at radius 1 is 1.14 bits per heavy atom. The van der Waals surface area contributed by atoms with Crippen LogP contribution in [0.25, 0.3) is 0 Å². The normalized spacial score (nSPS) is 11.4. The summed E-state index contributed by atoms with van der Waals surface area (Å²) >= 11 is 0. The Kier molecular flexibility index (Phi) is 7.22. The first-order valence-electron chi connectivity index (χ1n) is 6.97. The third kappa shape index (κ3) is 7.13. The fourth-order valence-corrected chi connectivity index (χ4v) is 1.92. The van der Waals surface area contributed by atoms with Gasteiger partial charge in [0.15, 0.2) is 0 Å². The third-order valence-electron chi connectivity index (χ3n) is 3.03. The molecule has 0 saturated carbocycles. The first-order chi connectivity index (χ1) is 9.93. The van der Waals surface area contributed by atoms with Gasteiger partial charge in [0.05, 0.1) is 12.0 Å². The van der Waals surface area contributed by atoms with Gasteiger partial charge in [-0.3, -0.25) is 4.79 Å². The number of amides is 1. The van der Waals surface area contributed by atoms with Crippen molar-refractivity contribution in [1.29, 1.82) is 0 Å². The zero-order chi connectivity index (χ0) is 15.7. The smallest absolute Gasteiger partial charge is 0.396 e. The van der Waals surface area contributed by atoms with E-state index >= 15 is 0 Å². The quantitative estimate of drug-likeness (QED) is 0.726. The standard InChI is InChI=1S/C15H20F3NO2/c16-15(17,18)13-7-5-6-12(10-13)11-14(21)19-8-3-1-2-4-9-20/h5-7,10,20H,1-4,8-9,11H2,(H,19,21). The van der Waals surface area contributed by atoms with E-state index in [4.69, 9.17) is 5.11 Å². The molecule has 0 saturated heterocycles. The summed E-state index contributed by atoms with van der Waals surface area (Å²) in [5.41, 5.74) is -0.389. The molecule has 118 valence electrons. The third-order valence-corrected chi connectivity index (χ3v) is 3.03. The van der Waals surface area contributed by atoms with Gasteiger partial charge in [0.1, 0.15) is 0 Å². The van der Waals surface area contributed by atoms with E-state index in [-0.39, 0.29) is 18.9 Å². The maximum absolute atomic E-state index is 12.5. The number of benzene rings is 1. The van der Waals surface area contributed by atoms with Crippen LogP contribution < -0.4 is 5.32 Å². The van der Waals surface area contributed by atoms with Gasteiger partial charge in [0.25, 0.3) is 0 Å². The number of nitrogens with one attached hydrogen (secondary N) is 1. The van der Waals surface area contributed by atoms with Crippen molar-refractivity contribution >= 4 is 5.91 Å². The van der Waals surface area contributed by atoms with Crippen LogP contribution in [0, 0.1) is 0 Å². The van der Waals surface area contributed by atoms with Crippen molar-refractivity contribution < 1.29 is 23.1 Å². The molecule has 1 rings (SSSR count). The average Bonchev–Trinajstić information content (AvgIpc) is 2.42. The number of unbranched alkanes of at least 4 members (excludes halogenated alkanes) is 3. The molecule has 3 nitrogen and oxygen atoms in total. The van der Waals surface area contributed by atoms with Crippen LogP contribution in [0.15, 0.2) is 24.3 Å². The molecule has 2 N–H and O–H groups in total. The topological polar surface area (TPSA) is 49.3 Å². The van der Waals surface area contributed by atoms with Gasteiger partial charge in [-0.05, 0) is 24.5 Å². The molecule has 0 aliphatic heterocycles. The summed E-state index contributed by atoms with van der Waals surface area (Å²) in [6, 6.07) is 4.81. The second-order valence-corrected chi connectivity index (χ2v) is 4.86. The van der Waals surface area contributed by atoms with Crippen LogP contribution in [0.2, 0.25) is 0 Å². The molecule has 6 heteroatoms. The maximum Gasteiger partial charge on any atom is 0.416 e. The predicted molar refractivity (Wildman–Crippen MR) is 73.7 cm³/mol. The zero-order valence-corrected chi connectivity index (χ0v) is 11.7. The summed E-state index contributed by atoms with van der Waals surface area (Å²) in [4.78, 5) is 11.6. The van der Waals surface area contributed by atoms with Gasteiger partial charge >= 0.3 is 6.18 Å². The Balaban J connectivity index is 2.35. The second-order valence-electron chi connectivity index (χ2n) is 4.86. The van der Waals surface area contributed by atoms with Crippen LogP contribution in [0.4, 0.5) is 13.2 Å². The van der Waals surface area contributed by atoms with Crippen LogP contribution in [0.3, 0.4) is 0 Å². The van der Waals surface area contributed by atoms with Crippen LogP contribution in [-0.2, 0) is 17.4 Å². The van der Waals surface area contributed by atoms with Crippen molar-refractivity contribution in [3.63, 3.8) is 0 Å². The molecule has 0 aliphatic rings. The molecule has 0 atom stereocenters. The molecule has 1 aromatic rings. The second kappa shape index (κ2) is 8.67. The number of rotatable bonds is 8. The maximum atomic E-state index is 12.5. The highest BCUT2D eigenvalue weighted by Gasteiger charge is 2.30. The van der Waals surface area contributed by atoms with Crippen molar-refractivity contribution in [3.8, 4) is 0 Å². The van der Waals surface area contributed by atoms with Gasteiger partial charge in [-0.1, -0.05) is 31.0 Å². The Labute approximate surface area is 122 Å². The van der Waals surface area contributed by atoms with E-state index in [1.807, 2.05) is 0 Å². The lowest BCUT2D eigenvalue weighted by molar-refractivity contribution is -0.137. The Morgan fingerprint density at radius 2 is 1.86 bits per heavy atom. The van der Waals surface area contributed by atoms with Crippen molar-refractivity contribution in [2.24, 2.45) is 0 Å². The summed E-state index contributed by atoms with van der Waals surface area (Å²) in [5.74, 6) is -0.281. The SMILES string of the molecule is O=C(Cc1cccc(C(F)(F)F)c1)NCCCCCCO. The molecule has 0 fully saturated rings. The number of alkyl halides is 3. The van der Waals surface area contributed by atoms with Gasteiger partial charge in [-0.15, -0.1) is 0 Å². The number of aliphatic hydroxyl groups excluding tert-OH is 1. The Bertz CT molecular complexity index is 447. The minimum absolute atomic E-state index is 0.0550. The van der Waals surface area contributed by atoms with Gasteiger partial charge in [-0.2, -0.15) is 13.2 Å². The highest BCUT2D eigenvalue weighted by molar-refractivity contribution is 5.78. The molecule has 0 aromatic heterocycles. The minimum atomic E-state index is -4.39. The summed E-state index contributed by atoms with van der Waals surface area (Å²) in [6.07, 6.45) is -1.09. The van der Waals surface area contributed by atoms with E-state index in [9.17, 15) is 18.0 Å². The Hall–Kier alpha value is -1.56. The molecule has 0 radical (unpaired) electrons. The molecular weight excluding hydrogens is 283 g/mol. The molecule has 0 spiro atoms. The first-order valence-corrected chi connectivity index (χ1v) is 6.97. The van der Waals surface area contributed by atoms with Crippen LogP contribution in [0.5, 0.6) is 0 Å². The van der Waals surface area contributed by atoms with Crippen molar-refractivity contribution in [2.75, 3.05) is 13.2 Å². The lowest BCUT2D eigenvalue weighted by atomic mass is 10.1. The van der Waals surface area contributed by atoms with Crippen LogP contribution >= 0.6 is 0 Å². The average molecular weight is 303 g/mol. The van der Waals surface area contributed by atoms with E-state index in [0.29, 0.717) is 12.1 Å². The summed E-state index contributed by atoms with van der Waals surface area (Å²) in [6.45, 7) is 0.672. The number of aliphatic hydroxyl groups is 1. The number of hydrogen-bond acceptors (Lipinski definition) is 2. The minimum Gasteiger partial charge on any atom is -0.396 e. The summed E-state index contributed by atoms with van der Waals surface area (Å²) < 4.78 is 37.6. The number of carbonyl (C=O) groups is 1. The van der Waals surface area contributed by atoms with E-state index in [0.717, 1.165) is 37.8 Å². The summed E-state index contributed by atoms with van der Waals surface area (Å²) in [7, 11) is 0. The molecule has 1 aromatic carbocycles. The molecule has 0 bridgehead atoms. The lowest BCUT2D eigenvalue weighted by Crippen LogP contribution is -2.26. The fraction of sp³-hybridized carbons (Fsp3) is 0.533. The van der Waals surface area contributed by atoms with Crippen molar-refractivity contribution in [2.45, 2.75) is 38.3 Å². The van der Waals surface area contributed by atoms with Gasteiger partial charge in [0, 0.05) is 13.2 Å². The molecule has 0 aliphatic carbocycles. The largest absolute Gasteiger partial charge is 0.416 e. The monoisotopic (exact) mass is 303 g/mol. The molecule has 1 amide bonds. The van der Waals surface area contributed by atoms with Gasteiger partial charge in [0.2, 0.25) is 5.91 Å². The lowest BCUT2D eigenvalue weighted by Gasteiger charge is -2.09. The fourth-order valence-electron chi connectivity index (χ4n) is 1.92. The van der Waals surface area contributed by atoms with E-state index in [1.165, 1.54) is 12.1 Å². The highest BCUT2D eigenvalue weighted by Crippen LogP contribution is 2.29. The molecule has 21 heavy (non-hydrogen) atoms. The van der Waals surface area contributed by atoms with Gasteiger partial charge in [-0.25, -0.2) is 0 Å². The highest BCUT2D eigenvalue weighted by atomic mass is 19.4. The van der Waals surface area contributed by atoms with Crippen molar-refractivity contribution in [3.05, 3.63) is 35.4 Å². The van der Waals surface area contributed by atoms with E-state index < -0.39 is 11.7 Å².